The van der Waals surface area contributed by atoms with Gasteiger partial charge in [0.2, 0.25) is 0 Å². The molecule has 0 saturated carbocycles. The highest BCUT2D eigenvalue weighted by molar-refractivity contribution is 6.26. The summed E-state index contributed by atoms with van der Waals surface area (Å²) in [5.41, 5.74) is 8.27. The Hall–Kier alpha value is -1.63. The van der Waals surface area contributed by atoms with Gasteiger partial charge in [0.1, 0.15) is 0 Å². The van der Waals surface area contributed by atoms with E-state index in [1.54, 1.807) is 0 Å². The quantitative estimate of drug-likeness (QED) is 0.370. The highest BCUT2D eigenvalue weighted by atomic mass is 14.8. The van der Waals surface area contributed by atoms with Crippen LogP contribution < -0.4 is 0 Å². The first-order valence-corrected chi connectivity index (χ1v) is 11.4. The summed E-state index contributed by atoms with van der Waals surface area (Å²) >= 11 is 0. The highest BCUT2D eigenvalue weighted by Crippen LogP contribution is 2.38. The Morgan fingerprint density at radius 1 is 1.10 bits per heavy atom. The molecule has 1 nitrogen and oxygen atoms in total. The number of rotatable bonds is 9. The van der Waals surface area contributed by atoms with Crippen LogP contribution in [0.5, 0.6) is 0 Å². The molecule has 0 amide bonds. The number of hydrogen-bond donors (Lipinski definition) is 0. The smallest absolute Gasteiger partial charge is 0.0446 e. The maximum Gasteiger partial charge on any atom is 0.0446 e. The third kappa shape index (κ3) is 7.61. The molecule has 0 radical (unpaired) electrons. The molecule has 0 heterocycles. The van der Waals surface area contributed by atoms with Crippen molar-refractivity contribution in [2.24, 2.45) is 22.2 Å². The van der Waals surface area contributed by atoms with Crippen molar-refractivity contribution < 1.29 is 0 Å². The lowest BCUT2D eigenvalue weighted by atomic mass is 9.76. The van der Waals surface area contributed by atoms with Gasteiger partial charge in [-0.3, -0.25) is 4.99 Å². The van der Waals surface area contributed by atoms with Gasteiger partial charge in [-0.1, -0.05) is 91.3 Å². The van der Waals surface area contributed by atoms with Gasteiger partial charge in [-0.2, -0.15) is 0 Å². The van der Waals surface area contributed by atoms with E-state index in [1.807, 2.05) is 6.08 Å². The lowest BCUT2D eigenvalue weighted by molar-refractivity contribution is 0.395. The lowest BCUT2D eigenvalue weighted by Crippen LogP contribution is -2.18. The average Bonchev–Trinajstić information content (AvgIpc) is 2.60. The minimum Gasteiger partial charge on any atom is -0.286 e. The molecule has 0 spiro atoms. The van der Waals surface area contributed by atoms with Crippen LogP contribution in [0.2, 0.25) is 0 Å². The summed E-state index contributed by atoms with van der Waals surface area (Å²) < 4.78 is 0. The number of nitrogens with zero attached hydrogens (tertiary/aromatic N) is 1. The van der Waals surface area contributed by atoms with Crippen molar-refractivity contribution in [1.29, 1.82) is 0 Å². The molecule has 1 heteroatoms. The fourth-order valence-corrected chi connectivity index (χ4v) is 3.85. The number of aryl methyl sites for hydroxylation is 1. The second-order valence-electron chi connectivity index (χ2n) is 10.4. The van der Waals surface area contributed by atoms with E-state index >= 15 is 0 Å². The first-order valence-electron chi connectivity index (χ1n) is 11.4. The SMILES string of the molecule is C=Cc1cccc(C)c1C(/C(CC(C)CC)=N\C(C)C)=C(/CC(C)(C)C)C(C)C. The minimum absolute atomic E-state index is 0.223. The van der Waals surface area contributed by atoms with Crippen LogP contribution in [0.1, 0.15) is 98.3 Å². The molecule has 0 aliphatic rings. The van der Waals surface area contributed by atoms with Crippen molar-refractivity contribution in [2.75, 3.05) is 0 Å². The van der Waals surface area contributed by atoms with Crippen LogP contribution in [0.25, 0.3) is 11.6 Å². The van der Waals surface area contributed by atoms with Gasteiger partial charge in [0, 0.05) is 17.3 Å². The summed E-state index contributed by atoms with van der Waals surface area (Å²) in [4.78, 5) is 5.22. The summed E-state index contributed by atoms with van der Waals surface area (Å²) in [6.45, 7) is 27.1. The fourth-order valence-electron chi connectivity index (χ4n) is 3.85. The number of benzene rings is 1. The van der Waals surface area contributed by atoms with E-state index in [1.165, 1.54) is 40.0 Å². The number of hydrogen-bond acceptors (Lipinski definition) is 1. The van der Waals surface area contributed by atoms with Crippen LogP contribution >= 0.6 is 0 Å². The Bertz CT molecular complexity index is 738. The molecule has 0 saturated heterocycles. The second-order valence-corrected chi connectivity index (χ2v) is 10.4. The molecule has 1 atom stereocenters. The van der Waals surface area contributed by atoms with E-state index in [4.69, 9.17) is 4.99 Å². The molecule has 1 aromatic carbocycles. The zero-order chi connectivity index (χ0) is 22.4. The minimum atomic E-state index is 0.223. The van der Waals surface area contributed by atoms with Crippen LogP contribution in [-0.2, 0) is 0 Å². The Morgan fingerprint density at radius 3 is 2.17 bits per heavy atom. The van der Waals surface area contributed by atoms with Crippen molar-refractivity contribution in [3.8, 4) is 0 Å². The van der Waals surface area contributed by atoms with Crippen LogP contribution in [-0.4, -0.2) is 11.8 Å². The second kappa shape index (κ2) is 11.0. The summed E-state index contributed by atoms with van der Waals surface area (Å²) in [6.07, 6.45) is 5.27. The van der Waals surface area contributed by atoms with Gasteiger partial charge in [0.25, 0.3) is 0 Å². The Kier molecular flexibility index (Phi) is 9.59. The largest absolute Gasteiger partial charge is 0.286 e. The summed E-state index contributed by atoms with van der Waals surface area (Å²) in [5.74, 6) is 1.08. The third-order valence-electron chi connectivity index (χ3n) is 5.46. The summed E-state index contributed by atoms with van der Waals surface area (Å²) in [5, 5.41) is 0. The lowest BCUT2D eigenvalue weighted by Gasteiger charge is -2.29. The molecule has 162 valence electrons. The normalized spacial score (nSPS) is 15.0. The van der Waals surface area contributed by atoms with E-state index in [9.17, 15) is 0 Å². The number of aliphatic imine (C=N–C) groups is 1. The van der Waals surface area contributed by atoms with E-state index in [2.05, 4.69) is 94.0 Å². The molecule has 1 unspecified atom stereocenters. The highest BCUT2D eigenvalue weighted by Gasteiger charge is 2.25. The summed E-state index contributed by atoms with van der Waals surface area (Å²) in [6, 6.07) is 6.84. The zero-order valence-corrected chi connectivity index (χ0v) is 20.8. The summed E-state index contributed by atoms with van der Waals surface area (Å²) in [7, 11) is 0. The molecular weight excluding hydrogens is 350 g/mol. The Balaban J connectivity index is 4.00. The van der Waals surface area contributed by atoms with Crippen molar-refractivity contribution in [3.63, 3.8) is 0 Å². The Morgan fingerprint density at radius 2 is 1.72 bits per heavy atom. The van der Waals surface area contributed by atoms with Crippen LogP contribution in [0.3, 0.4) is 0 Å². The molecule has 0 aliphatic carbocycles. The van der Waals surface area contributed by atoms with Crippen molar-refractivity contribution >= 4 is 17.4 Å². The van der Waals surface area contributed by atoms with Crippen LogP contribution in [0.15, 0.2) is 35.3 Å². The molecule has 0 N–H and O–H groups in total. The van der Waals surface area contributed by atoms with Gasteiger partial charge in [0.05, 0.1) is 0 Å². The zero-order valence-electron chi connectivity index (χ0n) is 20.8. The molecular formula is C28H45N. The predicted octanol–water partition coefficient (Wildman–Crippen LogP) is 8.77. The molecule has 0 aromatic heterocycles. The van der Waals surface area contributed by atoms with Gasteiger partial charge >= 0.3 is 0 Å². The van der Waals surface area contributed by atoms with Gasteiger partial charge in [-0.25, -0.2) is 0 Å². The monoisotopic (exact) mass is 395 g/mol. The maximum absolute atomic E-state index is 5.22. The van der Waals surface area contributed by atoms with Crippen LogP contribution in [0.4, 0.5) is 0 Å². The van der Waals surface area contributed by atoms with Crippen LogP contribution in [0, 0.1) is 24.2 Å². The molecule has 29 heavy (non-hydrogen) atoms. The maximum atomic E-state index is 5.22. The fraction of sp³-hybridized carbons (Fsp3) is 0.607. The third-order valence-corrected chi connectivity index (χ3v) is 5.46. The number of allylic oxidation sites excluding steroid dienone is 2. The molecule has 0 aliphatic heterocycles. The molecule has 0 fully saturated rings. The van der Waals surface area contributed by atoms with Gasteiger partial charge in [-0.15, -0.1) is 0 Å². The first-order chi connectivity index (χ1) is 13.4. The van der Waals surface area contributed by atoms with Crippen molar-refractivity contribution in [1.82, 2.24) is 0 Å². The van der Waals surface area contributed by atoms with E-state index in [0.29, 0.717) is 11.8 Å². The van der Waals surface area contributed by atoms with E-state index < -0.39 is 0 Å². The average molecular weight is 396 g/mol. The topological polar surface area (TPSA) is 12.4 Å². The molecule has 0 bridgehead atoms. The van der Waals surface area contributed by atoms with Crippen molar-refractivity contribution in [2.45, 2.75) is 94.5 Å². The van der Waals surface area contributed by atoms with Crippen molar-refractivity contribution in [3.05, 3.63) is 47.0 Å². The molecule has 1 rings (SSSR count). The van der Waals surface area contributed by atoms with E-state index in [0.717, 1.165) is 12.8 Å². The van der Waals surface area contributed by atoms with Gasteiger partial charge in [0.15, 0.2) is 0 Å². The molecule has 1 aromatic rings. The van der Waals surface area contributed by atoms with E-state index in [-0.39, 0.29) is 11.5 Å². The van der Waals surface area contributed by atoms with Gasteiger partial charge < -0.3 is 0 Å². The van der Waals surface area contributed by atoms with Gasteiger partial charge in [-0.05, 0) is 67.6 Å². The predicted molar refractivity (Wildman–Crippen MR) is 134 cm³/mol. The Labute approximate surface area is 181 Å². The standard InChI is InChI=1S/C28H45N/c1-12-21(7)17-25(29-20(5)6)27(24(19(3)4)18-28(9,10)11)26-22(8)15-14-16-23(26)13-2/h13-16,19-21H,2,12,17-18H2,1,3-11H3/b27-24-,29-25-. The first kappa shape index (κ1) is 25.4.